The van der Waals surface area contributed by atoms with E-state index in [0.717, 1.165) is 108 Å². The van der Waals surface area contributed by atoms with E-state index in [0.29, 0.717) is 55.0 Å². The van der Waals surface area contributed by atoms with E-state index in [1.807, 2.05) is 79.8 Å². The first-order chi connectivity index (χ1) is 41.8. The highest BCUT2D eigenvalue weighted by Crippen LogP contribution is 2.53. The molecule has 0 bridgehead atoms. The molecule has 6 atom stereocenters. The van der Waals surface area contributed by atoms with Gasteiger partial charge in [-0.2, -0.15) is 15.3 Å². The van der Waals surface area contributed by atoms with Crippen molar-refractivity contribution in [3.63, 3.8) is 0 Å². The largest absolute Gasteiger partial charge is 0.444 e. The maximum atomic E-state index is 13.1. The lowest BCUT2D eigenvalue weighted by Gasteiger charge is -2.31. The van der Waals surface area contributed by atoms with Crippen molar-refractivity contribution in [2.24, 2.45) is 22.0 Å². The predicted molar refractivity (Wildman–Crippen MR) is 337 cm³/mol. The van der Waals surface area contributed by atoms with E-state index in [2.05, 4.69) is 139 Å². The number of aldehydes is 1. The van der Waals surface area contributed by atoms with Gasteiger partial charge < -0.3 is 41.0 Å². The van der Waals surface area contributed by atoms with Gasteiger partial charge in [-0.3, -0.25) is 4.79 Å². The number of nitrogens with two attached hydrogens (primary N) is 1. The summed E-state index contributed by atoms with van der Waals surface area (Å²) < 4.78 is 16.9. The lowest BCUT2D eigenvalue weighted by molar-refractivity contribution is 0.0179. The molecule has 0 spiro atoms. The Balaban J connectivity index is 0.000000146. The Kier molecular flexibility index (Phi) is 21.2. The molecule has 0 saturated heterocycles. The number of aromatic nitrogens is 9. The van der Waals surface area contributed by atoms with E-state index in [4.69, 9.17) is 15.2 Å². The number of hydrogen-bond donors (Lipinski definition) is 4. The van der Waals surface area contributed by atoms with Crippen molar-refractivity contribution in [3.05, 3.63) is 144 Å². The topological polar surface area (TPSA) is 230 Å². The molecule has 20 heteroatoms. The second kappa shape index (κ2) is 28.5. The molecule has 5 N–H and O–H groups in total. The number of nitrogens with one attached hydrogen (secondary N) is 3. The van der Waals surface area contributed by atoms with Gasteiger partial charge in [-0.15, -0.1) is 0 Å². The minimum Gasteiger partial charge on any atom is -0.444 e. The van der Waals surface area contributed by atoms with E-state index >= 15 is 0 Å². The van der Waals surface area contributed by atoms with Gasteiger partial charge in [0.2, 0.25) is 0 Å². The minimum absolute atomic E-state index is 0.123. The number of benzene rings is 3. The van der Waals surface area contributed by atoms with Crippen molar-refractivity contribution < 1.29 is 23.9 Å². The number of hydrogen-bond acceptors (Lipinski definition) is 15. The standard InChI is InChI=1S/C24H35N5O2.C19H27N5.C19H28N2O2.C5H7N3O/c1-5-29-21(26-17-27-29)14-25-15-24(11-12-24)16-28(22(30)31-23(2,3)4)20-13-19(20)18-9-7-6-8-10-18;1-2-24-18(22-14-23-24)11-20-12-19(8-9-19)13-21-17-10-16(17)15-6-4-3-5-7-15;1-18(2,3)23-17(22)21(13-19(12-20)9-10-19)16-11-15(16)14-7-5-4-6-8-14;1-2-8-5(3-9)6-4-7-8/h6-10,17,19-20,25H,5,11-16H2,1-4H3;3-7,14,16-17,20-21H,2,8-13H2,1H3;4-8,15-16H,9-13,20H2,1-3H3;3-4H,2H2,1H3/t19?,20-;16?,17-;15?,16-;/m000./s1. The van der Waals surface area contributed by atoms with Crippen LogP contribution in [-0.2, 0) is 42.2 Å². The van der Waals surface area contributed by atoms with Gasteiger partial charge in [0.05, 0.1) is 13.1 Å². The Morgan fingerprint density at radius 1 is 0.563 bits per heavy atom. The fraction of sp³-hybridized carbons (Fsp3) is 0.597. The molecule has 3 heterocycles. The van der Waals surface area contributed by atoms with Crippen molar-refractivity contribution in [3.8, 4) is 0 Å². The lowest BCUT2D eigenvalue weighted by atomic mass is 10.1. The normalized spacial score (nSPS) is 21.9. The van der Waals surface area contributed by atoms with Gasteiger partial charge in [-0.05, 0) is 149 Å². The molecule has 6 aliphatic carbocycles. The number of ether oxygens (including phenoxy) is 2. The second-order valence-electron chi connectivity index (χ2n) is 27.0. The van der Waals surface area contributed by atoms with Gasteiger partial charge in [-0.25, -0.2) is 38.6 Å². The third kappa shape index (κ3) is 18.6. The smallest absolute Gasteiger partial charge is 0.410 e. The molecule has 6 aromatic rings. The monoisotopic (exact) mass is 1190 g/mol. The van der Waals surface area contributed by atoms with Gasteiger partial charge in [0.25, 0.3) is 0 Å². The van der Waals surface area contributed by atoms with Crippen LogP contribution < -0.4 is 21.7 Å². The number of amides is 2. The summed E-state index contributed by atoms with van der Waals surface area (Å²) >= 11 is 0. The molecule has 2 amide bonds. The molecule has 20 nitrogen and oxygen atoms in total. The zero-order chi connectivity index (χ0) is 61.8. The average Bonchev–Trinajstić information content (AvgIpc) is 1.74. The number of rotatable bonds is 25. The van der Waals surface area contributed by atoms with Gasteiger partial charge in [0.15, 0.2) is 12.1 Å². The highest BCUT2D eigenvalue weighted by Gasteiger charge is 2.53. The first-order valence-electron chi connectivity index (χ1n) is 31.9. The predicted octanol–water partition coefficient (Wildman–Crippen LogP) is 9.90. The molecular formula is C67H97N15O5. The molecule has 470 valence electrons. The van der Waals surface area contributed by atoms with Crippen molar-refractivity contribution >= 4 is 18.5 Å². The zero-order valence-corrected chi connectivity index (χ0v) is 53.1. The number of carbonyl (C=O) groups is 3. The number of nitrogens with zero attached hydrogens (tertiary/aromatic N) is 11. The molecular weight excluding hydrogens is 1090 g/mol. The van der Waals surface area contributed by atoms with E-state index in [-0.39, 0.29) is 35.1 Å². The Morgan fingerprint density at radius 3 is 1.36 bits per heavy atom. The fourth-order valence-electron chi connectivity index (χ4n) is 11.6. The fourth-order valence-corrected chi connectivity index (χ4v) is 11.6. The first-order valence-corrected chi connectivity index (χ1v) is 31.9. The summed E-state index contributed by atoms with van der Waals surface area (Å²) in [7, 11) is 0. The average molecular weight is 1190 g/mol. The van der Waals surface area contributed by atoms with E-state index in [9.17, 15) is 14.4 Å². The van der Waals surface area contributed by atoms with Crippen molar-refractivity contribution in [1.82, 2.24) is 70.0 Å². The lowest BCUT2D eigenvalue weighted by Crippen LogP contribution is -2.44. The van der Waals surface area contributed by atoms with Crippen molar-refractivity contribution in [1.29, 1.82) is 0 Å². The second-order valence-corrected chi connectivity index (χ2v) is 27.0. The molecule has 3 unspecified atom stereocenters. The first kappa shape index (κ1) is 64.6. The van der Waals surface area contributed by atoms with Crippen LogP contribution in [0.2, 0.25) is 0 Å². The quantitative estimate of drug-likeness (QED) is 0.0391. The molecule has 87 heavy (non-hydrogen) atoms. The highest BCUT2D eigenvalue weighted by molar-refractivity contribution is 5.70. The third-order valence-corrected chi connectivity index (χ3v) is 17.7. The molecule has 3 aromatic heterocycles. The van der Waals surface area contributed by atoms with E-state index < -0.39 is 11.2 Å². The van der Waals surface area contributed by atoms with Crippen LogP contribution in [0.15, 0.2) is 110 Å². The zero-order valence-electron chi connectivity index (χ0n) is 53.1. The number of aryl methyl sites for hydroxylation is 3. The van der Waals surface area contributed by atoms with Gasteiger partial charge in [0.1, 0.15) is 41.8 Å². The Labute approximate surface area is 515 Å². The van der Waals surface area contributed by atoms with E-state index in [1.54, 1.807) is 12.7 Å². The minimum atomic E-state index is -0.494. The van der Waals surface area contributed by atoms with Crippen molar-refractivity contribution in [2.75, 3.05) is 39.3 Å². The Bertz CT molecular complexity index is 3110. The van der Waals surface area contributed by atoms with Crippen molar-refractivity contribution in [2.45, 2.75) is 200 Å². The molecule has 3 aromatic carbocycles. The van der Waals surface area contributed by atoms with Crippen LogP contribution in [0.25, 0.3) is 0 Å². The van der Waals surface area contributed by atoms with Crippen LogP contribution in [0.4, 0.5) is 9.59 Å². The SMILES string of the molecule is CC(C)(C)OC(=O)N(CC1(CN)CC1)[C@H]1CC1c1ccccc1.CCn1ncnc1C=O.CCn1ncnc1CNCC1(CN(C(=O)OC(C)(C)C)[C@H]2CC2c2ccccc2)CC1.CCn1ncnc1CNCC1(CN[C@H]2CC2c2ccccc2)CC1. The summed E-state index contributed by atoms with van der Waals surface area (Å²) in [6.07, 6.45) is 15.4. The van der Waals surface area contributed by atoms with Crippen LogP contribution in [0, 0.1) is 16.2 Å². The summed E-state index contributed by atoms with van der Waals surface area (Å²) in [6.45, 7) is 26.7. The summed E-state index contributed by atoms with van der Waals surface area (Å²) in [5, 5.41) is 23.2. The molecule has 6 saturated carbocycles. The molecule has 0 radical (unpaired) electrons. The summed E-state index contributed by atoms with van der Waals surface area (Å²) in [4.78, 5) is 52.3. The summed E-state index contributed by atoms with van der Waals surface area (Å²) in [6, 6.07) is 33.0. The Morgan fingerprint density at radius 2 is 0.966 bits per heavy atom. The van der Waals surface area contributed by atoms with Crippen LogP contribution >= 0.6 is 0 Å². The Hall–Kier alpha value is -6.87. The maximum Gasteiger partial charge on any atom is 0.410 e. The van der Waals surface area contributed by atoms with E-state index in [1.165, 1.54) is 47.0 Å². The van der Waals surface area contributed by atoms with Crippen LogP contribution in [0.1, 0.15) is 177 Å². The number of carbonyl (C=O) groups excluding carboxylic acids is 3. The van der Waals surface area contributed by atoms with Gasteiger partial charge in [-0.1, -0.05) is 91.0 Å². The summed E-state index contributed by atoms with van der Waals surface area (Å²) in [5.74, 6) is 3.93. The van der Waals surface area contributed by atoms with Crippen LogP contribution in [0.5, 0.6) is 0 Å². The highest BCUT2D eigenvalue weighted by atomic mass is 16.6. The molecule has 6 fully saturated rings. The molecule has 12 rings (SSSR count). The molecule has 0 aliphatic heterocycles. The van der Waals surface area contributed by atoms with Gasteiger partial charge in [0, 0.05) is 99.1 Å². The van der Waals surface area contributed by atoms with Gasteiger partial charge >= 0.3 is 12.2 Å². The summed E-state index contributed by atoms with van der Waals surface area (Å²) in [5.41, 5.74) is 9.78. The van der Waals surface area contributed by atoms with Crippen LogP contribution in [0.3, 0.4) is 0 Å². The van der Waals surface area contributed by atoms with Crippen LogP contribution in [-0.4, -0.2) is 141 Å². The molecule has 6 aliphatic rings. The maximum absolute atomic E-state index is 13.1. The third-order valence-electron chi connectivity index (χ3n) is 17.7.